The number of benzene rings is 2. The van der Waals surface area contributed by atoms with Crippen LogP contribution in [0.1, 0.15) is 12.8 Å². The van der Waals surface area contributed by atoms with E-state index in [2.05, 4.69) is 27.3 Å². The summed E-state index contributed by atoms with van der Waals surface area (Å²) in [6.07, 6.45) is 4.18. The van der Waals surface area contributed by atoms with Gasteiger partial charge in [-0.15, -0.1) is 0 Å². The van der Waals surface area contributed by atoms with Gasteiger partial charge in [0.25, 0.3) is 0 Å². The van der Waals surface area contributed by atoms with E-state index >= 15 is 0 Å². The second-order valence-corrected chi connectivity index (χ2v) is 6.37. The predicted octanol–water partition coefficient (Wildman–Crippen LogP) is 3.72. The number of nitrogens with zero attached hydrogens (tertiary/aromatic N) is 3. The molecule has 1 saturated heterocycles. The fraction of sp³-hybridized carbons (Fsp3) is 0.300. The van der Waals surface area contributed by atoms with Crippen LogP contribution in [0.15, 0.2) is 54.7 Å². The van der Waals surface area contributed by atoms with Crippen molar-refractivity contribution in [3.63, 3.8) is 0 Å². The molecule has 0 aliphatic carbocycles. The quantitative estimate of drug-likeness (QED) is 0.788. The normalized spacial score (nSPS) is 17.5. The summed E-state index contributed by atoms with van der Waals surface area (Å²) in [6, 6.07) is 16.5. The van der Waals surface area contributed by atoms with E-state index in [9.17, 15) is 0 Å². The first-order valence-electron chi connectivity index (χ1n) is 8.69. The summed E-state index contributed by atoms with van der Waals surface area (Å²) >= 11 is 0. The Hall–Kier alpha value is -2.82. The Kier molecular flexibility index (Phi) is 4.37. The maximum absolute atomic E-state index is 5.22. The lowest BCUT2D eigenvalue weighted by Gasteiger charge is -2.34. The summed E-state index contributed by atoms with van der Waals surface area (Å²) in [7, 11) is 1.69. The second-order valence-electron chi connectivity index (χ2n) is 6.37. The number of ether oxygens (including phenoxy) is 1. The van der Waals surface area contributed by atoms with Crippen molar-refractivity contribution < 1.29 is 4.74 Å². The number of para-hydroxylation sites is 2. The van der Waals surface area contributed by atoms with E-state index in [-0.39, 0.29) is 0 Å². The Balaban J connectivity index is 1.47. The van der Waals surface area contributed by atoms with Gasteiger partial charge in [-0.1, -0.05) is 12.1 Å². The van der Waals surface area contributed by atoms with Crippen LogP contribution < -0.4 is 15.0 Å². The molecule has 1 aliphatic heterocycles. The Morgan fingerprint density at radius 2 is 1.88 bits per heavy atom. The summed E-state index contributed by atoms with van der Waals surface area (Å²) in [5.41, 5.74) is 3.01. The highest BCUT2D eigenvalue weighted by molar-refractivity contribution is 5.75. The van der Waals surface area contributed by atoms with Crippen molar-refractivity contribution in [1.82, 2.24) is 9.97 Å². The zero-order valence-corrected chi connectivity index (χ0v) is 14.4. The molecule has 2 heterocycles. The summed E-state index contributed by atoms with van der Waals surface area (Å²) in [6.45, 7) is 1.95. The van der Waals surface area contributed by atoms with Crippen LogP contribution in [0.5, 0.6) is 5.75 Å². The molecule has 25 heavy (non-hydrogen) atoms. The van der Waals surface area contributed by atoms with Crippen molar-refractivity contribution in [2.45, 2.75) is 18.9 Å². The topological polar surface area (TPSA) is 50.3 Å². The number of fused-ring (bicyclic) bond motifs is 1. The van der Waals surface area contributed by atoms with Crippen LogP contribution in [0.4, 0.5) is 11.5 Å². The van der Waals surface area contributed by atoms with Crippen molar-refractivity contribution in [3.05, 3.63) is 54.7 Å². The molecule has 0 saturated carbocycles. The van der Waals surface area contributed by atoms with E-state index < -0.39 is 0 Å². The molecular formula is C20H22N4O. The lowest BCUT2D eigenvalue weighted by Crippen LogP contribution is -2.42. The van der Waals surface area contributed by atoms with E-state index in [4.69, 9.17) is 9.72 Å². The van der Waals surface area contributed by atoms with E-state index in [0.717, 1.165) is 54.2 Å². The van der Waals surface area contributed by atoms with E-state index in [1.54, 1.807) is 7.11 Å². The molecular weight excluding hydrogens is 312 g/mol. The van der Waals surface area contributed by atoms with Gasteiger partial charge >= 0.3 is 0 Å². The minimum Gasteiger partial charge on any atom is -0.497 e. The van der Waals surface area contributed by atoms with Gasteiger partial charge in [-0.05, 0) is 49.2 Å². The lowest BCUT2D eigenvalue weighted by atomic mass is 10.1. The smallest absolute Gasteiger partial charge is 0.147 e. The van der Waals surface area contributed by atoms with Crippen LogP contribution in [0.2, 0.25) is 0 Å². The van der Waals surface area contributed by atoms with Crippen molar-refractivity contribution >= 4 is 22.5 Å². The third-order valence-electron chi connectivity index (χ3n) is 4.64. The SMILES string of the molecule is COc1ccc(N[C@@H]2CCCN(c3cnc4ccccc4n3)C2)cc1. The molecule has 1 aromatic heterocycles. The van der Waals surface area contributed by atoms with Gasteiger partial charge in [-0.25, -0.2) is 4.98 Å². The van der Waals surface area contributed by atoms with Gasteiger partial charge in [0.15, 0.2) is 0 Å². The number of aromatic nitrogens is 2. The molecule has 0 amide bonds. The number of nitrogens with one attached hydrogen (secondary N) is 1. The molecule has 4 rings (SSSR count). The van der Waals surface area contributed by atoms with Gasteiger partial charge < -0.3 is 15.0 Å². The fourth-order valence-electron chi connectivity index (χ4n) is 3.33. The van der Waals surface area contributed by atoms with E-state index in [0.29, 0.717) is 6.04 Å². The summed E-state index contributed by atoms with van der Waals surface area (Å²) in [4.78, 5) is 11.7. The average molecular weight is 334 g/mol. The first-order valence-corrected chi connectivity index (χ1v) is 8.69. The minimum atomic E-state index is 0.399. The molecule has 0 bridgehead atoms. The van der Waals surface area contributed by atoms with Crippen molar-refractivity contribution in [2.24, 2.45) is 0 Å². The highest BCUT2D eigenvalue weighted by atomic mass is 16.5. The highest BCUT2D eigenvalue weighted by Gasteiger charge is 2.21. The molecule has 0 unspecified atom stereocenters. The van der Waals surface area contributed by atoms with Gasteiger partial charge in [0.2, 0.25) is 0 Å². The van der Waals surface area contributed by atoms with Crippen LogP contribution in [-0.4, -0.2) is 36.2 Å². The highest BCUT2D eigenvalue weighted by Crippen LogP contribution is 2.23. The molecule has 0 radical (unpaired) electrons. The zero-order chi connectivity index (χ0) is 17.1. The Bertz CT molecular complexity index is 850. The Morgan fingerprint density at radius 1 is 1.08 bits per heavy atom. The first-order chi connectivity index (χ1) is 12.3. The summed E-state index contributed by atoms with van der Waals surface area (Å²) in [5, 5.41) is 3.62. The molecule has 1 N–H and O–H groups in total. The van der Waals surface area contributed by atoms with Gasteiger partial charge in [-0.3, -0.25) is 4.98 Å². The van der Waals surface area contributed by atoms with Gasteiger partial charge in [0, 0.05) is 24.8 Å². The molecule has 1 aliphatic rings. The maximum Gasteiger partial charge on any atom is 0.147 e. The van der Waals surface area contributed by atoms with Crippen LogP contribution >= 0.6 is 0 Å². The second kappa shape index (κ2) is 6.97. The summed E-state index contributed by atoms with van der Waals surface area (Å²) in [5.74, 6) is 1.84. The third-order valence-corrected chi connectivity index (χ3v) is 4.64. The van der Waals surface area contributed by atoms with Gasteiger partial charge in [0.05, 0.1) is 24.3 Å². The fourth-order valence-corrected chi connectivity index (χ4v) is 3.33. The Morgan fingerprint density at radius 3 is 2.68 bits per heavy atom. The monoisotopic (exact) mass is 334 g/mol. The number of anilines is 2. The molecule has 5 heteroatoms. The lowest BCUT2D eigenvalue weighted by molar-refractivity contribution is 0.415. The standard InChI is InChI=1S/C20H22N4O/c1-25-17-10-8-15(9-11-17)22-16-5-4-12-24(14-16)20-13-21-18-6-2-3-7-19(18)23-20/h2-3,6-11,13,16,22H,4-5,12,14H2,1H3/t16-/m1/s1. The van der Waals surface area contributed by atoms with Gasteiger partial charge in [0.1, 0.15) is 11.6 Å². The predicted molar refractivity (Wildman–Crippen MR) is 101 cm³/mol. The number of hydrogen-bond donors (Lipinski definition) is 1. The van der Waals surface area contributed by atoms with Crippen LogP contribution in [0, 0.1) is 0 Å². The van der Waals surface area contributed by atoms with Gasteiger partial charge in [-0.2, -0.15) is 0 Å². The van der Waals surface area contributed by atoms with E-state index in [1.165, 1.54) is 0 Å². The van der Waals surface area contributed by atoms with Crippen LogP contribution in [0.25, 0.3) is 11.0 Å². The third kappa shape index (κ3) is 3.50. The van der Waals surface area contributed by atoms with Crippen molar-refractivity contribution in [2.75, 3.05) is 30.4 Å². The van der Waals surface area contributed by atoms with Crippen molar-refractivity contribution in [1.29, 1.82) is 0 Å². The Labute approximate surface area is 147 Å². The number of piperidine rings is 1. The van der Waals surface area contributed by atoms with Crippen LogP contribution in [-0.2, 0) is 0 Å². The molecule has 5 nitrogen and oxygen atoms in total. The molecule has 2 aromatic carbocycles. The average Bonchev–Trinajstić information content (AvgIpc) is 2.68. The molecule has 128 valence electrons. The number of hydrogen-bond acceptors (Lipinski definition) is 5. The number of methoxy groups -OCH3 is 1. The van der Waals surface area contributed by atoms with E-state index in [1.807, 2.05) is 42.6 Å². The molecule has 0 spiro atoms. The van der Waals surface area contributed by atoms with Crippen molar-refractivity contribution in [3.8, 4) is 5.75 Å². The first kappa shape index (κ1) is 15.7. The molecule has 1 fully saturated rings. The summed E-state index contributed by atoms with van der Waals surface area (Å²) < 4.78 is 5.22. The molecule has 1 atom stereocenters. The molecule has 3 aromatic rings. The zero-order valence-electron chi connectivity index (χ0n) is 14.4. The maximum atomic E-state index is 5.22. The minimum absolute atomic E-state index is 0.399. The number of rotatable bonds is 4. The largest absolute Gasteiger partial charge is 0.497 e. The van der Waals surface area contributed by atoms with Crippen LogP contribution in [0.3, 0.4) is 0 Å².